The Morgan fingerprint density at radius 2 is 2.03 bits per heavy atom. The topological polar surface area (TPSA) is 113 Å². The van der Waals surface area contributed by atoms with Crippen LogP contribution >= 0.6 is 0 Å². The Kier molecular flexibility index (Phi) is 3.75. The summed E-state index contributed by atoms with van der Waals surface area (Å²) in [4.78, 5) is 21.8. The first-order chi connectivity index (χ1) is 14.8. The lowest BCUT2D eigenvalue weighted by Gasteiger charge is -2.13. The first kappa shape index (κ1) is 17.0. The molecule has 30 heavy (non-hydrogen) atoms. The first-order valence-electron chi connectivity index (χ1n) is 9.86. The Morgan fingerprint density at radius 1 is 1.07 bits per heavy atom. The van der Waals surface area contributed by atoms with Crippen LogP contribution < -0.4 is 5.32 Å². The fourth-order valence-electron chi connectivity index (χ4n) is 3.87. The van der Waals surface area contributed by atoms with Crippen molar-refractivity contribution in [1.29, 1.82) is 0 Å². The Balaban J connectivity index is 1.49. The lowest BCUT2D eigenvalue weighted by atomic mass is 10.1. The average molecular weight is 397 g/mol. The SMILES string of the molecule is Cc1cn(-c2cncc3[nH]c(-c4n[nH]c5ccc(C6=CCNCC6)nc45)nc23)cn1. The van der Waals surface area contributed by atoms with E-state index in [1.807, 2.05) is 29.8 Å². The number of nitrogens with zero attached hydrogens (tertiary/aromatic N) is 6. The molecule has 0 saturated carbocycles. The van der Waals surface area contributed by atoms with E-state index < -0.39 is 0 Å². The van der Waals surface area contributed by atoms with Crippen molar-refractivity contribution in [3.8, 4) is 17.2 Å². The van der Waals surface area contributed by atoms with Crippen molar-refractivity contribution in [2.45, 2.75) is 13.3 Å². The second-order valence-corrected chi connectivity index (χ2v) is 7.41. The van der Waals surface area contributed by atoms with Gasteiger partial charge >= 0.3 is 0 Å². The van der Waals surface area contributed by atoms with Crippen molar-refractivity contribution >= 4 is 27.6 Å². The normalized spacial score (nSPS) is 14.5. The molecular weight excluding hydrogens is 378 g/mol. The molecule has 9 nitrogen and oxygen atoms in total. The number of H-pyrrole nitrogens is 2. The molecule has 5 aromatic rings. The largest absolute Gasteiger partial charge is 0.335 e. The summed E-state index contributed by atoms with van der Waals surface area (Å²) in [5, 5.41) is 10.9. The third-order valence-electron chi connectivity index (χ3n) is 5.39. The highest BCUT2D eigenvalue weighted by atomic mass is 15.2. The van der Waals surface area contributed by atoms with Crippen molar-refractivity contribution in [3.05, 3.63) is 54.5 Å². The van der Waals surface area contributed by atoms with Gasteiger partial charge in [0.2, 0.25) is 0 Å². The van der Waals surface area contributed by atoms with Crippen LogP contribution in [-0.4, -0.2) is 52.8 Å². The van der Waals surface area contributed by atoms with E-state index in [9.17, 15) is 0 Å². The Morgan fingerprint density at radius 3 is 2.87 bits per heavy atom. The number of aromatic nitrogens is 8. The number of aryl methyl sites for hydroxylation is 1. The molecule has 0 spiro atoms. The van der Waals surface area contributed by atoms with Crippen LogP contribution in [0.4, 0.5) is 0 Å². The molecule has 5 aromatic heterocycles. The molecule has 0 amide bonds. The van der Waals surface area contributed by atoms with E-state index in [4.69, 9.17) is 9.97 Å². The highest BCUT2D eigenvalue weighted by Crippen LogP contribution is 2.29. The molecule has 0 bridgehead atoms. The van der Waals surface area contributed by atoms with Crippen molar-refractivity contribution in [2.75, 3.05) is 13.1 Å². The number of imidazole rings is 2. The van der Waals surface area contributed by atoms with E-state index >= 15 is 0 Å². The van der Waals surface area contributed by atoms with Gasteiger partial charge in [-0.15, -0.1) is 0 Å². The van der Waals surface area contributed by atoms with E-state index in [2.05, 4.69) is 36.5 Å². The van der Waals surface area contributed by atoms with E-state index in [0.29, 0.717) is 11.5 Å². The number of pyridine rings is 2. The second kappa shape index (κ2) is 6.60. The lowest BCUT2D eigenvalue weighted by Crippen LogP contribution is -2.20. The minimum atomic E-state index is 0.659. The zero-order valence-electron chi connectivity index (χ0n) is 16.3. The van der Waals surface area contributed by atoms with Gasteiger partial charge in [0.15, 0.2) is 11.5 Å². The minimum absolute atomic E-state index is 0.659. The van der Waals surface area contributed by atoms with Crippen molar-refractivity contribution < 1.29 is 0 Å². The van der Waals surface area contributed by atoms with Crippen LogP contribution in [0.15, 0.2) is 43.1 Å². The molecule has 0 aromatic carbocycles. The standard InChI is InChI=1S/C21H19N9/c1-12-10-30(11-24-12)17-9-23-8-16-18(17)27-21(26-16)20-19-15(28-29-20)3-2-14(25-19)13-4-6-22-7-5-13/h2-4,8-11,22H,5-7H2,1H3,(H,26,27)(H,28,29). The number of hydrogen-bond acceptors (Lipinski definition) is 6. The average Bonchev–Trinajstić information content (AvgIpc) is 3.51. The van der Waals surface area contributed by atoms with Crippen molar-refractivity contribution in [3.63, 3.8) is 0 Å². The molecule has 3 N–H and O–H groups in total. The molecule has 6 heterocycles. The van der Waals surface area contributed by atoms with E-state index in [0.717, 1.165) is 58.7 Å². The quantitative estimate of drug-likeness (QED) is 0.431. The summed E-state index contributed by atoms with van der Waals surface area (Å²) in [7, 11) is 0. The molecule has 6 rings (SSSR count). The smallest absolute Gasteiger partial charge is 0.161 e. The second-order valence-electron chi connectivity index (χ2n) is 7.41. The van der Waals surface area contributed by atoms with Crippen LogP contribution in [0.25, 0.3) is 44.8 Å². The summed E-state index contributed by atoms with van der Waals surface area (Å²) in [6, 6.07) is 4.07. The minimum Gasteiger partial charge on any atom is -0.335 e. The third kappa shape index (κ3) is 2.71. The summed E-state index contributed by atoms with van der Waals surface area (Å²) in [5.41, 5.74) is 8.08. The predicted octanol–water partition coefficient (Wildman–Crippen LogP) is 2.77. The van der Waals surface area contributed by atoms with E-state index in [1.165, 1.54) is 5.57 Å². The number of hydrogen-bond donors (Lipinski definition) is 3. The first-order valence-corrected chi connectivity index (χ1v) is 9.86. The van der Waals surface area contributed by atoms with Crippen LogP contribution in [0.5, 0.6) is 0 Å². The number of rotatable bonds is 3. The lowest BCUT2D eigenvalue weighted by molar-refractivity contribution is 0.737. The summed E-state index contributed by atoms with van der Waals surface area (Å²) >= 11 is 0. The molecule has 1 aliphatic heterocycles. The van der Waals surface area contributed by atoms with Gasteiger partial charge in [0.25, 0.3) is 0 Å². The summed E-state index contributed by atoms with van der Waals surface area (Å²) < 4.78 is 1.93. The van der Waals surface area contributed by atoms with Gasteiger partial charge in [0.05, 0.1) is 46.8 Å². The predicted molar refractivity (Wildman–Crippen MR) is 114 cm³/mol. The van der Waals surface area contributed by atoms with Crippen LogP contribution in [0.1, 0.15) is 17.8 Å². The maximum Gasteiger partial charge on any atom is 0.161 e. The molecule has 0 fully saturated rings. The third-order valence-corrected chi connectivity index (χ3v) is 5.39. The van der Waals surface area contributed by atoms with Gasteiger partial charge in [-0.05, 0) is 37.6 Å². The number of nitrogens with one attached hydrogen (secondary N) is 3. The van der Waals surface area contributed by atoms with Gasteiger partial charge in [-0.3, -0.25) is 10.1 Å². The van der Waals surface area contributed by atoms with Crippen LogP contribution in [-0.2, 0) is 0 Å². The highest BCUT2D eigenvalue weighted by molar-refractivity contribution is 5.92. The molecular formula is C21H19N9. The molecule has 9 heteroatoms. The molecule has 0 unspecified atom stereocenters. The van der Waals surface area contributed by atoms with Crippen molar-refractivity contribution in [1.82, 2.24) is 45.0 Å². The van der Waals surface area contributed by atoms with Gasteiger partial charge < -0.3 is 14.9 Å². The summed E-state index contributed by atoms with van der Waals surface area (Å²) in [6.07, 6.45) is 10.4. The molecule has 0 saturated heterocycles. The van der Waals surface area contributed by atoms with Gasteiger partial charge in [-0.25, -0.2) is 15.0 Å². The number of aromatic amines is 2. The monoisotopic (exact) mass is 397 g/mol. The van der Waals surface area contributed by atoms with Gasteiger partial charge in [0.1, 0.15) is 11.0 Å². The molecule has 0 aliphatic carbocycles. The zero-order chi connectivity index (χ0) is 20.1. The van der Waals surface area contributed by atoms with E-state index in [1.54, 1.807) is 18.7 Å². The fraction of sp³-hybridized carbons (Fsp3) is 0.190. The Labute approximate surface area is 171 Å². The Bertz CT molecular complexity index is 1420. The number of fused-ring (bicyclic) bond motifs is 2. The van der Waals surface area contributed by atoms with Crippen LogP contribution in [0.3, 0.4) is 0 Å². The van der Waals surface area contributed by atoms with Gasteiger partial charge in [0, 0.05) is 12.7 Å². The fourth-order valence-corrected chi connectivity index (χ4v) is 3.87. The van der Waals surface area contributed by atoms with Gasteiger partial charge in [-0.2, -0.15) is 5.10 Å². The summed E-state index contributed by atoms with van der Waals surface area (Å²) in [6.45, 7) is 3.80. The highest BCUT2D eigenvalue weighted by Gasteiger charge is 2.18. The maximum atomic E-state index is 4.91. The molecule has 148 valence electrons. The molecule has 0 radical (unpaired) electrons. The van der Waals surface area contributed by atoms with Crippen molar-refractivity contribution in [2.24, 2.45) is 0 Å². The van der Waals surface area contributed by atoms with Crippen LogP contribution in [0, 0.1) is 6.92 Å². The van der Waals surface area contributed by atoms with E-state index in [-0.39, 0.29) is 0 Å². The maximum absolute atomic E-state index is 4.91. The molecule has 0 atom stereocenters. The summed E-state index contributed by atoms with van der Waals surface area (Å²) in [5.74, 6) is 0.659. The Hall–Kier alpha value is -3.85. The van der Waals surface area contributed by atoms with Crippen LogP contribution in [0.2, 0.25) is 0 Å². The zero-order valence-corrected chi connectivity index (χ0v) is 16.3. The van der Waals surface area contributed by atoms with Gasteiger partial charge in [-0.1, -0.05) is 6.08 Å². The molecule has 1 aliphatic rings.